The van der Waals surface area contributed by atoms with Gasteiger partial charge in [0.25, 0.3) is 11.5 Å². The number of aromatic nitrogens is 2. The average molecular weight is 442 g/mol. The van der Waals surface area contributed by atoms with Gasteiger partial charge in [-0.3, -0.25) is 9.59 Å². The summed E-state index contributed by atoms with van der Waals surface area (Å²) in [4.78, 5) is 43.2. The maximum atomic E-state index is 12.9. The minimum atomic E-state index is -0.560. The molecule has 1 aliphatic heterocycles. The van der Waals surface area contributed by atoms with E-state index in [0.29, 0.717) is 41.1 Å². The van der Waals surface area contributed by atoms with E-state index in [1.165, 1.54) is 6.07 Å². The third-order valence-electron chi connectivity index (χ3n) is 5.68. The largest absolute Gasteiger partial charge is 0.378 e. The number of nitrogens with zero attached hydrogens (tertiary/aromatic N) is 2. The van der Waals surface area contributed by atoms with Crippen LogP contribution in [0.5, 0.6) is 0 Å². The highest BCUT2D eigenvalue weighted by molar-refractivity contribution is 6.06. The van der Waals surface area contributed by atoms with E-state index < -0.39 is 11.2 Å². The monoisotopic (exact) mass is 442 g/mol. The van der Waals surface area contributed by atoms with Crippen LogP contribution < -0.4 is 21.5 Å². The first-order valence-corrected chi connectivity index (χ1v) is 10.7. The molecule has 1 aliphatic rings. The van der Waals surface area contributed by atoms with Crippen LogP contribution in [0.3, 0.4) is 0 Å². The standard InChI is InChI=1S/C25H22N4O4/c30-23(26-18-7-9-19(10-8-18)28-12-14-33-15-13-28)17-6-11-21-22(16-17)27-25(32)29(24(21)31)20-4-2-1-3-5-20/h1-11,16H,12-15H2,(H,26,30)(H,27,32). The number of hydrogen-bond donors (Lipinski definition) is 2. The van der Waals surface area contributed by atoms with Gasteiger partial charge in [-0.05, 0) is 54.6 Å². The van der Waals surface area contributed by atoms with Crippen molar-refractivity contribution < 1.29 is 9.53 Å². The molecule has 2 N–H and O–H groups in total. The Morgan fingerprint density at radius 2 is 1.61 bits per heavy atom. The van der Waals surface area contributed by atoms with E-state index in [0.717, 1.165) is 23.3 Å². The number of hydrogen-bond acceptors (Lipinski definition) is 5. The zero-order valence-corrected chi connectivity index (χ0v) is 17.8. The van der Waals surface area contributed by atoms with Gasteiger partial charge in [-0.1, -0.05) is 18.2 Å². The van der Waals surface area contributed by atoms with Crippen molar-refractivity contribution in [2.24, 2.45) is 0 Å². The quantitative estimate of drug-likeness (QED) is 0.507. The molecular formula is C25H22N4O4. The molecule has 0 radical (unpaired) electrons. The number of fused-ring (bicyclic) bond motifs is 1. The molecule has 3 aromatic carbocycles. The topological polar surface area (TPSA) is 96.4 Å². The van der Waals surface area contributed by atoms with E-state index >= 15 is 0 Å². The lowest BCUT2D eigenvalue weighted by atomic mass is 10.1. The van der Waals surface area contributed by atoms with E-state index in [-0.39, 0.29) is 5.91 Å². The van der Waals surface area contributed by atoms with Crippen LogP contribution in [-0.2, 0) is 4.74 Å². The summed E-state index contributed by atoms with van der Waals surface area (Å²) in [5, 5.41) is 3.19. The molecule has 0 spiro atoms. The molecule has 1 aromatic heterocycles. The Labute approximate surface area is 189 Å². The summed E-state index contributed by atoms with van der Waals surface area (Å²) in [5.41, 5.74) is 1.87. The summed E-state index contributed by atoms with van der Waals surface area (Å²) in [5.74, 6) is -0.330. The summed E-state index contributed by atoms with van der Waals surface area (Å²) in [6, 6.07) is 21.0. The van der Waals surface area contributed by atoms with Gasteiger partial charge >= 0.3 is 5.69 Å². The first-order valence-electron chi connectivity index (χ1n) is 10.7. The van der Waals surface area contributed by atoms with E-state index in [1.807, 2.05) is 30.3 Å². The highest BCUT2D eigenvalue weighted by Gasteiger charge is 2.14. The van der Waals surface area contributed by atoms with Crippen LogP contribution in [0, 0.1) is 0 Å². The highest BCUT2D eigenvalue weighted by Crippen LogP contribution is 2.20. The smallest absolute Gasteiger partial charge is 0.333 e. The van der Waals surface area contributed by atoms with Gasteiger partial charge in [0, 0.05) is 30.0 Å². The number of anilines is 2. The van der Waals surface area contributed by atoms with Crippen molar-refractivity contribution in [3.63, 3.8) is 0 Å². The SMILES string of the molecule is O=C(Nc1ccc(N2CCOCC2)cc1)c1ccc2c(=O)n(-c3ccccc3)c(=O)[nH]c2c1. The number of aromatic amines is 1. The van der Waals surface area contributed by atoms with Gasteiger partial charge in [-0.2, -0.15) is 0 Å². The van der Waals surface area contributed by atoms with Gasteiger partial charge < -0.3 is 19.9 Å². The van der Waals surface area contributed by atoms with Gasteiger partial charge in [0.2, 0.25) is 0 Å². The number of benzene rings is 3. The van der Waals surface area contributed by atoms with Gasteiger partial charge in [-0.25, -0.2) is 9.36 Å². The highest BCUT2D eigenvalue weighted by atomic mass is 16.5. The second kappa shape index (κ2) is 8.76. The Kier molecular flexibility index (Phi) is 5.50. The fourth-order valence-corrected chi connectivity index (χ4v) is 3.95. The average Bonchev–Trinajstić information content (AvgIpc) is 2.85. The molecule has 33 heavy (non-hydrogen) atoms. The Morgan fingerprint density at radius 1 is 0.879 bits per heavy atom. The molecule has 1 amide bonds. The fourth-order valence-electron chi connectivity index (χ4n) is 3.95. The Hall–Kier alpha value is -4.17. The summed E-state index contributed by atoms with van der Waals surface area (Å²) >= 11 is 0. The van der Waals surface area contributed by atoms with Crippen LogP contribution in [0.15, 0.2) is 82.4 Å². The molecule has 0 aliphatic carbocycles. The van der Waals surface area contributed by atoms with Crippen LogP contribution in [0.1, 0.15) is 10.4 Å². The summed E-state index contributed by atoms with van der Waals surface area (Å²) in [6.07, 6.45) is 0. The lowest BCUT2D eigenvalue weighted by Gasteiger charge is -2.28. The minimum absolute atomic E-state index is 0.312. The molecule has 0 unspecified atom stereocenters. The maximum absolute atomic E-state index is 12.9. The third kappa shape index (κ3) is 4.16. The molecule has 8 nitrogen and oxygen atoms in total. The van der Waals surface area contributed by atoms with Crippen molar-refractivity contribution in [3.05, 3.63) is 99.2 Å². The van der Waals surface area contributed by atoms with Crippen LogP contribution in [0.4, 0.5) is 11.4 Å². The summed E-state index contributed by atoms with van der Waals surface area (Å²) in [6.45, 7) is 3.10. The second-order valence-electron chi connectivity index (χ2n) is 7.77. The third-order valence-corrected chi connectivity index (χ3v) is 5.68. The Balaban J connectivity index is 1.39. The first kappa shape index (κ1) is 20.7. The summed E-state index contributed by atoms with van der Waals surface area (Å²) < 4.78 is 6.46. The number of rotatable bonds is 4. The number of H-pyrrole nitrogens is 1. The molecule has 0 saturated carbocycles. The molecule has 0 bridgehead atoms. The number of morpholine rings is 1. The van der Waals surface area contributed by atoms with Gasteiger partial charge in [0.05, 0.1) is 29.8 Å². The van der Waals surface area contributed by atoms with Crippen LogP contribution in [0.2, 0.25) is 0 Å². The van der Waals surface area contributed by atoms with Crippen LogP contribution in [0.25, 0.3) is 16.6 Å². The predicted octanol–water partition coefficient (Wildman–Crippen LogP) is 2.77. The van der Waals surface area contributed by atoms with Gasteiger partial charge in [-0.15, -0.1) is 0 Å². The lowest BCUT2D eigenvalue weighted by molar-refractivity contribution is 0.102. The van der Waals surface area contributed by atoms with Gasteiger partial charge in [0.15, 0.2) is 0 Å². The second-order valence-corrected chi connectivity index (χ2v) is 7.77. The zero-order valence-electron chi connectivity index (χ0n) is 17.8. The number of ether oxygens (including phenoxy) is 1. The number of para-hydroxylation sites is 1. The van der Waals surface area contributed by atoms with E-state index in [1.54, 1.807) is 36.4 Å². The van der Waals surface area contributed by atoms with Crippen molar-refractivity contribution in [2.75, 3.05) is 36.5 Å². The number of carbonyl (C=O) groups excluding carboxylic acids is 1. The number of nitrogens with one attached hydrogen (secondary N) is 2. The van der Waals surface area contributed by atoms with Crippen molar-refractivity contribution in [2.45, 2.75) is 0 Å². The molecule has 2 heterocycles. The van der Waals surface area contributed by atoms with Crippen molar-refractivity contribution in [3.8, 4) is 5.69 Å². The molecule has 8 heteroatoms. The molecule has 166 valence electrons. The minimum Gasteiger partial charge on any atom is -0.378 e. The zero-order chi connectivity index (χ0) is 22.8. The van der Waals surface area contributed by atoms with Crippen molar-refractivity contribution >= 4 is 28.2 Å². The van der Waals surface area contributed by atoms with Crippen LogP contribution >= 0.6 is 0 Å². The maximum Gasteiger partial charge on any atom is 0.333 e. The lowest BCUT2D eigenvalue weighted by Crippen LogP contribution is -2.36. The van der Waals surface area contributed by atoms with E-state index in [9.17, 15) is 14.4 Å². The Bertz CT molecular complexity index is 1420. The first-order chi connectivity index (χ1) is 16.1. The molecule has 5 rings (SSSR count). The van der Waals surface area contributed by atoms with Gasteiger partial charge in [0.1, 0.15) is 0 Å². The normalized spacial score (nSPS) is 13.8. The molecule has 0 atom stereocenters. The Morgan fingerprint density at radius 3 is 2.33 bits per heavy atom. The molecular weight excluding hydrogens is 420 g/mol. The van der Waals surface area contributed by atoms with Crippen molar-refractivity contribution in [1.29, 1.82) is 0 Å². The van der Waals surface area contributed by atoms with E-state index in [2.05, 4.69) is 15.2 Å². The predicted molar refractivity (Wildman–Crippen MR) is 128 cm³/mol. The fraction of sp³-hybridized carbons (Fsp3) is 0.160. The molecule has 1 fully saturated rings. The molecule has 1 saturated heterocycles. The summed E-state index contributed by atoms with van der Waals surface area (Å²) in [7, 11) is 0. The number of carbonyl (C=O) groups is 1. The number of amides is 1. The van der Waals surface area contributed by atoms with Crippen molar-refractivity contribution in [1.82, 2.24) is 9.55 Å². The van der Waals surface area contributed by atoms with E-state index in [4.69, 9.17) is 4.74 Å². The van der Waals surface area contributed by atoms with Crippen LogP contribution in [-0.4, -0.2) is 41.8 Å². The molecule has 4 aromatic rings.